The van der Waals surface area contributed by atoms with Gasteiger partial charge in [0.1, 0.15) is 5.52 Å². The third-order valence-electron chi connectivity index (χ3n) is 4.29. The first kappa shape index (κ1) is 17.5. The van der Waals surface area contributed by atoms with Crippen LogP contribution in [0.15, 0.2) is 30.3 Å². The maximum Gasteiger partial charge on any atom is 0.308 e. The summed E-state index contributed by atoms with van der Waals surface area (Å²) in [5.41, 5.74) is 2.84. The van der Waals surface area contributed by atoms with Crippen molar-refractivity contribution < 1.29 is 19.6 Å². The van der Waals surface area contributed by atoms with Gasteiger partial charge in [0.15, 0.2) is 11.5 Å². The molecule has 26 heavy (non-hydrogen) atoms. The van der Waals surface area contributed by atoms with Crippen LogP contribution in [-0.4, -0.2) is 20.6 Å². The lowest BCUT2D eigenvalue weighted by Crippen LogP contribution is -2.05. The third-order valence-corrected chi connectivity index (χ3v) is 4.29. The normalized spacial score (nSPS) is 10.9. The zero-order chi connectivity index (χ0) is 19.2. The molecule has 3 rings (SSSR count). The van der Waals surface area contributed by atoms with Gasteiger partial charge in [-0.1, -0.05) is 17.7 Å². The Morgan fingerprint density at radius 2 is 1.81 bits per heavy atom. The van der Waals surface area contributed by atoms with Crippen molar-refractivity contribution in [2.45, 2.75) is 27.7 Å². The number of hydrogen-bond donors (Lipinski definition) is 1. The van der Waals surface area contributed by atoms with Gasteiger partial charge >= 0.3 is 5.97 Å². The molecule has 0 saturated carbocycles. The first-order valence-electron chi connectivity index (χ1n) is 7.99. The SMILES string of the molecule is CC(=O)Oc1c(O)cc(C)c2c([N+](=O)[O-])c(C)n(-c3ccc(C)cc3)c12. The number of nitrogens with zero attached hydrogens (tertiary/aromatic N) is 2. The molecule has 3 aromatic rings. The Labute approximate surface area is 149 Å². The van der Waals surface area contributed by atoms with E-state index in [1.165, 1.54) is 13.0 Å². The molecule has 0 aliphatic carbocycles. The highest BCUT2D eigenvalue weighted by molar-refractivity contribution is 6.01. The van der Waals surface area contributed by atoms with Gasteiger partial charge < -0.3 is 14.4 Å². The topological polar surface area (TPSA) is 94.6 Å². The quantitative estimate of drug-likeness (QED) is 0.331. The molecule has 7 nitrogen and oxygen atoms in total. The van der Waals surface area contributed by atoms with Crippen LogP contribution in [0.1, 0.15) is 23.7 Å². The fraction of sp³-hybridized carbons (Fsp3) is 0.211. The largest absolute Gasteiger partial charge is 0.504 e. The molecule has 0 aliphatic rings. The zero-order valence-corrected chi connectivity index (χ0v) is 14.9. The highest BCUT2D eigenvalue weighted by Gasteiger charge is 2.30. The van der Waals surface area contributed by atoms with Gasteiger partial charge in [-0.15, -0.1) is 0 Å². The number of carbonyl (C=O) groups excluding carboxylic acids is 1. The second kappa shape index (κ2) is 6.18. The minimum Gasteiger partial charge on any atom is -0.504 e. The molecule has 0 atom stereocenters. The summed E-state index contributed by atoms with van der Waals surface area (Å²) >= 11 is 0. The second-order valence-corrected chi connectivity index (χ2v) is 6.22. The second-order valence-electron chi connectivity index (χ2n) is 6.22. The standard InChI is InChI=1S/C19H18N2O5/c1-10-5-7-14(8-6-10)20-12(3)17(21(24)25)16-11(2)9-15(23)19(18(16)20)26-13(4)22/h5-9,23H,1-4H3. The lowest BCUT2D eigenvalue weighted by molar-refractivity contribution is -0.383. The van der Waals surface area contributed by atoms with E-state index < -0.39 is 10.9 Å². The molecule has 0 radical (unpaired) electrons. The van der Waals surface area contributed by atoms with Gasteiger partial charge in [-0.25, -0.2) is 0 Å². The summed E-state index contributed by atoms with van der Waals surface area (Å²) in [4.78, 5) is 22.8. The highest BCUT2D eigenvalue weighted by Crippen LogP contribution is 2.45. The molecule has 0 spiro atoms. The molecule has 0 fully saturated rings. The van der Waals surface area contributed by atoms with Crippen LogP contribution >= 0.6 is 0 Å². The summed E-state index contributed by atoms with van der Waals surface area (Å²) in [5, 5.41) is 22.4. The van der Waals surface area contributed by atoms with Crippen molar-refractivity contribution in [3.63, 3.8) is 0 Å². The first-order valence-corrected chi connectivity index (χ1v) is 7.99. The Balaban J connectivity index is 2.53. The molecule has 1 aromatic heterocycles. The fourth-order valence-corrected chi connectivity index (χ4v) is 3.22. The average Bonchev–Trinajstić information content (AvgIpc) is 2.86. The number of benzene rings is 2. The van der Waals surface area contributed by atoms with E-state index in [2.05, 4.69) is 0 Å². The van der Waals surface area contributed by atoms with Gasteiger partial charge in [-0.05, 0) is 44.5 Å². The zero-order valence-electron chi connectivity index (χ0n) is 14.9. The molecule has 1 heterocycles. The van der Waals surface area contributed by atoms with E-state index in [4.69, 9.17) is 4.74 Å². The van der Waals surface area contributed by atoms with Crippen molar-refractivity contribution in [1.82, 2.24) is 4.57 Å². The van der Waals surface area contributed by atoms with Gasteiger partial charge in [0.2, 0.25) is 0 Å². The first-order chi connectivity index (χ1) is 12.2. The fourth-order valence-electron chi connectivity index (χ4n) is 3.22. The van der Waals surface area contributed by atoms with Crippen molar-refractivity contribution >= 4 is 22.6 Å². The van der Waals surface area contributed by atoms with E-state index >= 15 is 0 Å². The number of carbonyl (C=O) groups is 1. The van der Waals surface area contributed by atoms with E-state index in [0.29, 0.717) is 27.8 Å². The van der Waals surface area contributed by atoms with Crippen LogP contribution in [0.25, 0.3) is 16.6 Å². The van der Waals surface area contributed by atoms with Gasteiger partial charge in [-0.3, -0.25) is 14.9 Å². The maximum atomic E-state index is 11.7. The summed E-state index contributed by atoms with van der Waals surface area (Å²) in [5.74, 6) is -0.955. The number of ether oxygens (including phenoxy) is 1. The van der Waals surface area contributed by atoms with Crippen molar-refractivity contribution in [1.29, 1.82) is 0 Å². The average molecular weight is 354 g/mol. The summed E-state index contributed by atoms with van der Waals surface area (Å²) in [6.45, 7) is 6.45. The van der Waals surface area contributed by atoms with Gasteiger partial charge in [0.25, 0.3) is 5.69 Å². The number of aryl methyl sites for hydroxylation is 2. The molecule has 2 aromatic carbocycles. The number of rotatable bonds is 3. The van der Waals surface area contributed by atoms with E-state index in [9.17, 15) is 20.0 Å². The molecular weight excluding hydrogens is 336 g/mol. The van der Waals surface area contributed by atoms with Crippen LogP contribution < -0.4 is 4.74 Å². The van der Waals surface area contributed by atoms with E-state index in [1.54, 1.807) is 18.4 Å². The Morgan fingerprint density at radius 3 is 2.35 bits per heavy atom. The number of hydrogen-bond acceptors (Lipinski definition) is 5. The van der Waals surface area contributed by atoms with Crippen LogP contribution in [0.2, 0.25) is 0 Å². The van der Waals surface area contributed by atoms with Gasteiger partial charge in [0, 0.05) is 12.6 Å². The molecule has 7 heteroatoms. The smallest absolute Gasteiger partial charge is 0.308 e. The number of nitro groups is 1. The van der Waals surface area contributed by atoms with Crippen molar-refractivity contribution in [3.8, 4) is 17.2 Å². The van der Waals surface area contributed by atoms with Crippen LogP contribution in [0, 0.1) is 30.9 Å². The molecule has 0 aliphatic heterocycles. The van der Waals surface area contributed by atoms with Crippen molar-refractivity contribution in [3.05, 3.63) is 57.3 Å². The summed E-state index contributed by atoms with van der Waals surface area (Å²) < 4.78 is 6.85. The summed E-state index contributed by atoms with van der Waals surface area (Å²) in [6, 6.07) is 8.78. The van der Waals surface area contributed by atoms with Crippen molar-refractivity contribution in [2.75, 3.05) is 0 Å². The molecule has 0 saturated heterocycles. The predicted octanol–water partition coefficient (Wildman–Crippen LogP) is 4.09. The maximum absolute atomic E-state index is 11.7. The highest BCUT2D eigenvalue weighted by atomic mass is 16.6. The van der Waals surface area contributed by atoms with Crippen molar-refractivity contribution in [2.24, 2.45) is 0 Å². The number of esters is 1. The predicted molar refractivity (Wildman–Crippen MR) is 97.1 cm³/mol. The number of aromatic nitrogens is 1. The lowest BCUT2D eigenvalue weighted by Gasteiger charge is -2.13. The number of phenols is 1. The van der Waals surface area contributed by atoms with Crippen LogP contribution in [0.5, 0.6) is 11.5 Å². The molecule has 1 N–H and O–H groups in total. The Hall–Kier alpha value is -3.35. The summed E-state index contributed by atoms with van der Waals surface area (Å²) in [7, 11) is 0. The molecule has 0 bridgehead atoms. The number of aromatic hydroxyl groups is 1. The Bertz CT molecular complexity index is 1050. The Morgan fingerprint density at radius 1 is 1.19 bits per heavy atom. The van der Waals surface area contributed by atoms with E-state index in [-0.39, 0.29) is 17.2 Å². The van der Waals surface area contributed by atoms with E-state index in [0.717, 1.165) is 5.56 Å². The Kier molecular flexibility index (Phi) is 4.15. The molecular formula is C19H18N2O5. The van der Waals surface area contributed by atoms with Crippen LogP contribution in [0.3, 0.4) is 0 Å². The number of phenolic OH excluding ortho intramolecular Hbond substituents is 1. The number of fused-ring (bicyclic) bond motifs is 1. The monoisotopic (exact) mass is 354 g/mol. The van der Waals surface area contributed by atoms with E-state index in [1.807, 2.05) is 31.2 Å². The molecule has 0 amide bonds. The minimum absolute atomic E-state index is 0.0773. The molecule has 0 unspecified atom stereocenters. The third kappa shape index (κ3) is 2.67. The van der Waals surface area contributed by atoms with Gasteiger partial charge in [-0.2, -0.15) is 0 Å². The molecule has 134 valence electrons. The summed E-state index contributed by atoms with van der Waals surface area (Å²) in [6.07, 6.45) is 0. The lowest BCUT2D eigenvalue weighted by atomic mass is 10.1. The van der Waals surface area contributed by atoms with Crippen LogP contribution in [0.4, 0.5) is 5.69 Å². The minimum atomic E-state index is -0.623. The van der Waals surface area contributed by atoms with Gasteiger partial charge in [0.05, 0.1) is 16.0 Å². The van der Waals surface area contributed by atoms with Crippen LogP contribution in [-0.2, 0) is 4.79 Å².